The maximum absolute atomic E-state index is 12.0. The fraction of sp³-hybridized carbons (Fsp3) is 0.588. The number of hydrogen-bond donors (Lipinski definition) is 1. The van der Waals surface area contributed by atoms with Crippen molar-refractivity contribution in [2.75, 3.05) is 39.8 Å². The third kappa shape index (κ3) is 3.25. The first kappa shape index (κ1) is 15.3. The number of hydrogen-bond acceptors (Lipinski definition) is 3. The average molecular weight is 303 g/mol. The molecule has 1 aromatic carbocycles. The molecule has 1 unspecified atom stereocenters. The van der Waals surface area contributed by atoms with Crippen molar-refractivity contribution in [3.8, 4) is 0 Å². The standard InChI is InChI=1S/C17H25N3O2/c1-18-11-12-20(17(18)22)15-7-9-19(10-8-15)13-16(21)14-5-3-2-4-6-14/h2-6,15-16,21H,7-13H2,1H3. The number of aliphatic hydroxyl groups excluding tert-OH is 1. The third-order valence-electron chi connectivity index (χ3n) is 4.86. The summed E-state index contributed by atoms with van der Waals surface area (Å²) in [6, 6.07) is 10.4. The van der Waals surface area contributed by atoms with Crippen LogP contribution in [0.4, 0.5) is 4.79 Å². The second-order valence-corrected chi connectivity index (χ2v) is 6.36. The van der Waals surface area contributed by atoms with Crippen molar-refractivity contribution in [3.63, 3.8) is 0 Å². The Morgan fingerprint density at radius 1 is 1.14 bits per heavy atom. The van der Waals surface area contributed by atoms with E-state index >= 15 is 0 Å². The fourth-order valence-corrected chi connectivity index (χ4v) is 3.45. The van der Waals surface area contributed by atoms with Crippen molar-refractivity contribution in [3.05, 3.63) is 35.9 Å². The second-order valence-electron chi connectivity index (χ2n) is 6.36. The second kappa shape index (κ2) is 6.67. The molecule has 1 aromatic rings. The van der Waals surface area contributed by atoms with Gasteiger partial charge in [0, 0.05) is 45.8 Å². The number of nitrogens with zero attached hydrogens (tertiary/aromatic N) is 3. The minimum atomic E-state index is -0.433. The molecule has 2 heterocycles. The first-order chi connectivity index (χ1) is 10.6. The molecule has 0 radical (unpaired) electrons. The molecule has 0 bridgehead atoms. The summed E-state index contributed by atoms with van der Waals surface area (Å²) in [5.41, 5.74) is 0.973. The Morgan fingerprint density at radius 3 is 2.41 bits per heavy atom. The smallest absolute Gasteiger partial charge is 0.320 e. The van der Waals surface area contributed by atoms with E-state index in [4.69, 9.17) is 0 Å². The molecule has 120 valence electrons. The topological polar surface area (TPSA) is 47.0 Å². The van der Waals surface area contributed by atoms with E-state index in [1.165, 1.54) is 0 Å². The quantitative estimate of drug-likeness (QED) is 0.918. The number of carbonyl (C=O) groups excluding carboxylic acids is 1. The van der Waals surface area contributed by atoms with Gasteiger partial charge in [-0.25, -0.2) is 4.79 Å². The molecule has 2 aliphatic rings. The normalized spacial score (nSPS) is 22.4. The summed E-state index contributed by atoms with van der Waals surface area (Å²) in [6.45, 7) is 4.26. The van der Waals surface area contributed by atoms with Crippen LogP contribution in [0, 0.1) is 0 Å². The summed E-state index contributed by atoms with van der Waals surface area (Å²) in [5.74, 6) is 0. The van der Waals surface area contributed by atoms with E-state index in [0.717, 1.165) is 44.6 Å². The van der Waals surface area contributed by atoms with Crippen LogP contribution < -0.4 is 0 Å². The molecule has 5 nitrogen and oxygen atoms in total. The van der Waals surface area contributed by atoms with E-state index in [-0.39, 0.29) is 6.03 Å². The Bertz CT molecular complexity index is 500. The molecule has 0 aliphatic carbocycles. The summed E-state index contributed by atoms with van der Waals surface area (Å²) in [6.07, 6.45) is 1.57. The number of β-amino-alcohol motifs (C(OH)–C–C–N with tert-alkyl or cyclic N) is 1. The van der Waals surface area contributed by atoms with Crippen LogP contribution in [0.1, 0.15) is 24.5 Å². The minimum Gasteiger partial charge on any atom is -0.387 e. The molecule has 3 rings (SSSR count). The zero-order chi connectivity index (χ0) is 15.5. The maximum atomic E-state index is 12.0. The Labute approximate surface area is 132 Å². The van der Waals surface area contributed by atoms with Crippen molar-refractivity contribution in [1.82, 2.24) is 14.7 Å². The van der Waals surface area contributed by atoms with Gasteiger partial charge in [-0.2, -0.15) is 0 Å². The lowest BCUT2D eigenvalue weighted by atomic mass is 10.0. The van der Waals surface area contributed by atoms with Gasteiger partial charge in [-0.15, -0.1) is 0 Å². The van der Waals surface area contributed by atoms with Crippen molar-refractivity contribution in [1.29, 1.82) is 0 Å². The molecule has 22 heavy (non-hydrogen) atoms. The monoisotopic (exact) mass is 303 g/mol. The Kier molecular flexibility index (Phi) is 4.64. The number of amides is 2. The highest BCUT2D eigenvalue weighted by Gasteiger charge is 2.33. The highest BCUT2D eigenvalue weighted by atomic mass is 16.3. The predicted octanol–water partition coefficient (Wildman–Crippen LogP) is 1.55. The van der Waals surface area contributed by atoms with Gasteiger partial charge in [-0.3, -0.25) is 0 Å². The molecular formula is C17H25N3O2. The van der Waals surface area contributed by atoms with Crippen molar-refractivity contribution in [2.24, 2.45) is 0 Å². The van der Waals surface area contributed by atoms with Gasteiger partial charge in [0.25, 0.3) is 0 Å². The van der Waals surface area contributed by atoms with Gasteiger partial charge in [0.05, 0.1) is 6.10 Å². The summed E-state index contributed by atoms with van der Waals surface area (Å²) >= 11 is 0. The van der Waals surface area contributed by atoms with Crippen molar-refractivity contribution < 1.29 is 9.90 Å². The van der Waals surface area contributed by atoms with Gasteiger partial charge in [0.1, 0.15) is 0 Å². The van der Waals surface area contributed by atoms with E-state index in [1.807, 2.05) is 42.3 Å². The van der Waals surface area contributed by atoms with Gasteiger partial charge >= 0.3 is 6.03 Å². The number of benzene rings is 1. The minimum absolute atomic E-state index is 0.169. The number of piperidine rings is 1. The maximum Gasteiger partial charge on any atom is 0.320 e. The number of carbonyl (C=O) groups is 1. The van der Waals surface area contributed by atoms with Crippen LogP contribution in [0.2, 0.25) is 0 Å². The summed E-state index contributed by atoms with van der Waals surface area (Å²) in [7, 11) is 1.87. The molecule has 1 atom stereocenters. The van der Waals surface area contributed by atoms with Crippen LogP contribution in [0.15, 0.2) is 30.3 Å². The number of urea groups is 1. The van der Waals surface area contributed by atoms with E-state index in [2.05, 4.69) is 4.90 Å². The Hall–Kier alpha value is -1.59. The molecule has 2 amide bonds. The number of rotatable bonds is 4. The number of aliphatic hydroxyl groups is 1. The van der Waals surface area contributed by atoms with E-state index in [0.29, 0.717) is 12.6 Å². The predicted molar refractivity (Wildman–Crippen MR) is 85.6 cm³/mol. The van der Waals surface area contributed by atoms with Crippen molar-refractivity contribution >= 4 is 6.03 Å². The lowest BCUT2D eigenvalue weighted by Gasteiger charge is -2.37. The highest BCUT2D eigenvalue weighted by molar-refractivity contribution is 5.76. The molecule has 0 spiro atoms. The number of likely N-dealkylation sites (N-methyl/N-ethyl adjacent to an activating group) is 1. The molecule has 2 saturated heterocycles. The SMILES string of the molecule is CN1CCN(C2CCN(CC(O)c3ccccc3)CC2)C1=O. The first-order valence-electron chi connectivity index (χ1n) is 8.12. The zero-order valence-corrected chi connectivity index (χ0v) is 13.2. The summed E-state index contributed by atoms with van der Waals surface area (Å²) < 4.78 is 0. The molecule has 5 heteroatoms. The summed E-state index contributed by atoms with van der Waals surface area (Å²) in [5, 5.41) is 10.3. The van der Waals surface area contributed by atoms with Crippen LogP contribution in [0.25, 0.3) is 0 Å². The van der Waals surface area contributed by atoms with Crippen LogP contribution >= 0.6 is 0 Å². The largest absolute Gasteiger partial charge is 0.387 e. The van der Waals surface area contributed by atoms with Gasteiger partial charge in [-0.1, -0.05) is 30.3 Å². The molecular weight excluding hydrogens is 278 g/mol. The van der Waals surface area contributed by atoms with Crippen LogP contribution in [-0.4, -0.2) is 71.7 Å². The van der Waals surface area contributed by atoms with Gasteiger partial charge in [0.2, 0.25) is 0 Å². The zero-order valence-electron chi connectivity index (χ0n) is 13.2. The first-order valence-corrected chi connectivity index (χ1v) is 8.12. The van der Waals surface area contributed by atoms with Crippen LogP contribution in [0.5, 0.6) is 0 Å². The third-order valence-corrected chi connectivity index (χ3v) is 4.86. The summed E-state index contributed by atoms with van der Waals surface area (Å²) in [4.78, 5) is 18.2. The van der Waals surface area contributed by atoms with E-state index in [1.54, 1.807) is 4.90 Å². The highest BCUT2D eigenvalue weighted by Crippen LogP contribution is 2.22. The Balaban J connectivity index is 1.49. The Morgan fingerprint density at radius 2 is 1.82 bits per heavy atom. The average Bonchev–Trinajstić information content (AvgIpc) is 2.89. The molecule has 0 aromatic heterocycles. The van der Waals surface area contributed by atoms with Crippen LogP contribution in [0.3, 0.4) is 0 Å². The van der Waals surface area contributed by atoms with Crippen molar-refractivity contribution in [2.45, 2.75) is 25.0 Å². The lowest BCUT2D eigenvalue weighted by molar-refractivity contribution is 0.0787. The van der Waals surface area contributed by atoms with Gasteiger partial charge < -0.3 is 19.8 Å². The van der Waals surface area contributed by atoms with Gasteiger partial charge in [0.15, 0.2) is 0 Å². The molecule has 1 N–H and O–H groups in total. The van der Waals surface area contributed by atoms with E-state index in [9.17, 15) is 9.90 Å². The number of likely N-dealkylation sites (tertiary alicyclic amines) is 1. The lowest BCUT2D eigenvalue weighted by Crippen LogP contribution is -2.47. The molecule has 2 fully saturated rings. The molecule has 2 aliphatic heterocycles. The molecule has 0 saturated carbocycles. The van der Waals surface area contributed by atoms with Gasteiger partial charge in [-0.05, 0) is 18.4 Å². The van der Waals surface area contributed by atoms with Crippen LogP contribution in [-0.2, 0) is 0 Å². The van der Waals surface area contributed by atoms with E-state index < -0.39 is 6.10 Å². The fourth-order valence-electron chi connectivity index (χ4n) is 3.45.